The van der Waals surface area contributed by atoms with Crippen molar-refractivity contribution in [3.63, 3.8) is 0 Å². The lowest BCUT2D eigenvalue weighted by molar-refractivity contribution is 0.0955. The molecule has 0 spiro atoms. The van der Waals surface area contributed by atoms with Crippen molar-refractivity contribution in [2.75, 3.05) is 7.11 Å². The van der Waals surface area contributed by atoms with Crippen LogP contribution < -0.4 is 15.7 Å². The van der Waals surface area contributed by atoms with Crippen molar-refractivity contribution in [2.45, 2.75) is 6.92 Å². The summed E-state index contributed by atoms with van der Waals surface area (Å²) in [5, 5.41) is 7.47. The molecule has 0 aliphatic heterocycles. The molecule has 1 amide bonds. The van der Waals surface area contributed by atoms with Crippen LogP contribution in [-0.2, 0) is 0 Å². The minimum absolute atomic E-state index is 0.255. The number of para-hydroxylation sites is 1. The molecule has 0 atom stereocenters. The molecule has 0 saturated heterocycles. The van der Waals surface area contributed by atoms with E-state index < -0.39 is 5.91 Å². The standard InChI is InChI=1S/C25H22N4O3/c1-17-22(25(31)29(28-17)20-11-7-4-8-12-20)23(18-9-5-3-6-10-18)26-27-24(30)19-13-15-21(32-2)16-14-19/h3-16,28H,1-2H3,(H,27,30). The number of methoxy groups -OCH3 is 1. The predicted octanol–water partition coefficient (Wildman–Crippen LogP) is 3.67. The second kappa shape index (κ2) is 9.18. The molecule has 4 rings (SSSR count). The van der Waals surface area contributed by atoms with E-state index in [2.05, 4.69) is 15.6 Å². The van der Waals surface area contributed by atoms with Crippen molar-refractivity contribution in [3.05, 3.63) is 118 Å². The maximum absolute atomic E-state index is 13.3. The minimum Gasteiger partial charge on any atom is -0.497 e. The highest BCUT2D eigenvalue weighted by Gasteiger charge is 2.20. The van der Waals surface area contributed by atoms with Crippen LogP contribution in [0.4, 0.5) is 0 Å². The summed E-state index contributed by atoms with van der Waals surface area (Å²) < 4.78 is 6.59. The summed E-state index contributed by atoms with van der Waals surface area (Å²) in [6.07, 6.45) is 0. The molecule has 7 nitrogen and oxygen atoms in total. The number of rotatable bonds is 6. The highest BCUT2D eigenvalue weighted by molar-refractivity contribution is 6.13. The van der Waals surface area contributed by atoms with Crippen LogP contribution in [0.5, 0.6) is 5.75 Å². The van der Waals surface area contributed by atoms with Gasteiger partial charge in [0.1, 0.15) is 11.5 Å². The number of carbonyl (C=O) groups excluding carboxylic acids is 1. The highest BCUT2D eigenvalue weighted by Crippen LogP contribution is 2.14. The Labute approximate surface area is 185 Å². The molecule has 160 valence electrons. The third-order valence-corrected chi connectivity index (χ3v) is 4.99. The second-order valence-corrected chi connectivity index (χ2v) is 7.08. The number of amides is 1. The van der Waals surface area contributed by atoms with Gasteiger partial charge in [-0.05, 0) is 43.3 Å². The Kier molecular flexibility index (Phi) is 5.98. The monoisotopic (exact) mass is 426 g/mol. The van der Waals surface area contributed by atoms with E-state index in [-0.39, 0.29) is 5.56 Å². The van der Waals surface area contributed by atoms with E-state index in [1.54, 1.807) is 38.3 Å². The average Bonchev–Trinajstić information content (AvgIpc) is 3.14. The minimum atomic E-state index is -0.391. The average molecular weight is 426 g/mol. The molecule has 0 radical (unpaired) electrons. The third-order valence-electron chi connectivity index (χ3n) is 4.99. The lowest BCUT2D eigenvalue weighted by Gasteiger charge is -2.07. The Hall–Kier alpha value is -4.39. The molecule has 0 aliphatic carbocycles. The van der Waals surface area contributed by atoms with Crippen molar-refractivity contribution in [1.29, 1.82) is 0 Å². The maximum atomic E-state index is 13.3. The van der Waals surface area contributed by atoms with E-state index >= 15 is 0 Å². The van der Waals surface area contributed by atoms with Crippen LogP contribution in [0.1, 0.15) is 27.2 Å². The van der Waals surface area contributed by atoms with Gasteiger partial charge in [0.15, 0.2) is 0 Å². The van der Waals surface area contributed by atoms with Crippen LogP contribution in [0.15, 0.2) is 94.8 Å². The first-order valence-corrected chi connectivity index (χ1v) is 10.0. The number of benzene rings is 3. The summed E-state index contributed by atoms with van der Waals surface area (Å²) in [7, 11) is 1.56. The molecule has 1 aromatic heterocycles. The number of aryl methyl sites for hydroxylation is 1. The summed E-state index contributed by atoms with van der Waals surface area (Å²) in [4.78, 5) is 26.0. The molecule has 0 bridgehead atoms. The number of ether oxygens (including phenoxy) is 1. The van der Waals surface area contributed by atoms with Gasteiger partial charge in [-0.3, -0.25) is 14.7 Å². The summed E-state index contributed by atoms with van der Waals surface area (Å²) in [5.41, 5.74) is 5.57. The Balaban J connectivity index is 1.75. The van der Waals surface area contributed by atoms with E-state index in [4.69, 9.17) is 4.74 Å². The number of H-pyrrole nitrogens is 1. The Morgan fingerprint density at radius 3 is 2.16 bits per heavy atom. The lowest BCUT2D eigenvalue weighted by atomic mass is 10.0. The molecule has 1 heterocycles. The zero-order chi connectivity index (χ0) is 22.5. The number of hydrogen-bond donors (Lipinski definition) is 2. The van der Waals surface area contributed by atoms with Crippen LogP contribution in [-0.4, -0.2) is 28.5 Å². The first kappa shape index (κ1) is 20.9. The Morgan fingerprint density at radius 1 is 0.906 bits per heavy atom. The van der Waals surface area contributed by atoms with Gasteiger partial charge in [0.2, 0.25) is 0 Å². The molecule has 7 heteroatoms. The zero-order valence-electron chi connectivity index (χ0n) is 17.7. The van der Waals surface area contributed by atoms with Gasteiger partial charge in [0.05, 0.1) is 18.4 Å². The molecule has 4 aromatic rings. The molecular formula is C25H22N4O3. The van der Waals surface area contributed by atoms with Crippen molar-refractivity contribution >= 4 is 11.6 Å². The third kappa shape index (κ3) is 4.22. The lowest BCUT2D eigenvalue weighted by Crippen LogP contribution is -2.25. The summed E-state index contributed by atoms with van der Waals surface area (Å²) in [6, 6.07) is 25.3. The van der Waals surface area contributed by atoms with E-state index in [9.17, 15) is 9.59 Å². The van der Waals surface area contributed by atoms with Crippen LogP contribution in [0.3, 0.4) is 0 Å². The largest absolute Gasteiger partial charge is 0.497 e. The van der Waals surface area contributed by atoms with E-state index in [0.717, 1.165) is 0 Å². The van der Waals surface area contributed by atoms with Gasteiger partial charge in [0.25, 0.3) is 11.5 Å². The van der Waals surface area contributed by atoms with Crippen LogP contribution >= 0.6 is 0 Å². The first-order chi connectivity index (χ1) is 15.6. The van der Waals surface area contributed by atoms with Gasteiger partial charge in [-0.15, -0.1) is 0 Å². The number of nitrogens with one attached hydrogen (secondary N) is 2. The Bertz CT molecular complexity index is 1310. The predicted molar refractivity (Wildman–Crippen MR) is 124 cm³/mol. The van der Waals surface area contributed by atoms with Crippen molar-refractivity contribution in [1.82, 2.24) is 15.2 Å². The molecule has 0 saturated carbocycles. The fourth-order valence-electron chi connectivity index (χ4n) is 3.36. The van der Waals surface area contributed by atoms with Crippen molar-refractivity contribution in [2.24, 2.45) is 5.10 Å². The van der Waals surface area contributed by atoms with Crippen LogP contribution in [0, 0.1) is 6.92 Å². The number of hydrogen-bond acceptors (Lipinski definition) is 4. The number of nitrogens with zero attached hydrogens (tertiary/aromatic N) is 2. The van der Waals surface area contributed by atoms with E-state index in [0.29, 0.717) is 39.5 Å². The van der Waals surface area contributed by atoms with Gasteiger partial charge in [-0.25, -0.2) is 10.1 Å². The zero-order valence-corrected chi connectivity index (χ0v) is 17.7. The first-order valence-electron chi connectivity index (χ1n) is 10.0. The molecule has 0 aliphatic rings. The molecular weight excluding hydrogens is 404 g/mol. The van der Waals surface area contributed by atoms with E-state index in [1.165, 1.54) is 4.68 Å². The fourth-order valence-corrected chi connectivity index (χ4v) is 3.36. The second-order valence-electron chi connectivity index (χ2n) is 7.08. The Morgan fingerprint density at radius 2 is 1.53 bits per heavy atom. The quantitative estimate of drug-likeness (QED) is 0.364. The smallest absolute Gasteiger partial charge is 0.281 e. The van der Waals surface area contributed by atoms with Crippen molar-refractivity contribution < 1.29 is 9.53 Å². The van der Waals surface area contributed by atoms with Gasteiger partial charge < -0.3 is 4.74 Å². The van der Waals surface area contributed by atoms with Crippen molar-refractivity contribution in [3.8, 4) is 11.4 Å². The SMILES string of the molecule is COc1ccc(C(=O)NN=C(c2ccccc2)c2c(C)[nH]n(-c3ccccc3)c2=O)cc1. The number of aromatic amines is 1. The summed E-state index contributed by atoms with van der Waals surface area (Å²) >= 11 is 0. The van der Waals surface area contributed by atoms with E-state index in [1.807, 2.05) is 60.7 Å². The van der Waals surface area contributed by atoms with Crippen LogP contribution in [0.25, 0.3) is 5.69 Å². The summed E-state index contributed by atoms with van der Waals surface area (Å²) in [6.45, 7) is 1.81. The summed E-state index contributed by atoms with van der Waals surface area (Å²) in [5.74, 6) is 0.261. The molecule has 3 aromatic carbocycles. The molecule has 2 N–H and O–H groups in total. The molecule has 0 unspecified atom stereocenters. The maximum Gasteiger partial charge on any atom is 0.281 e. The molecule has 32 heavy (non-hydrogen) atoms. The number of carbonyl (C=O) groups is 1. The topological polar surface area (TPSA) is 88.5 Å². The van der Waals surface area contributed by atoms with Crippen LogP contribution in [0.2, 0.25) is 0 Å². The number of aromatic nitrogens is 2. The highest BCUT2D eigenvalue weighted by atomic mass is 16.5. The normalized spacial score (nSPS) is 11.2. The van der Waals surface area contributed by atoms with Gasteiger partial charge in [-0.1, -0.05) is 48.5 Å². The molecule has 0 fully saturated rings. The van der Waals surface area contributed by atoms with Gasteiger partial charge in [0, 0.05) is 16.8 Å². The fraction of sp³-hybridized carbons (Fsp3) is 0.0800. The van der Waals surface area contributed by atoms with Gasteiger partial charge >= 0.3 is 0 Å². The number of hydrazone groups is 1. The van der Waals surface area contributed by atoms with Gasteiger partial charge in [-0.2, -0.15) is 5.10 Å².